The van der Waals surface area contributed by atoms with Crippen molar-refractivity contribution >= 4 is 43.9 Å². The molecule has 1 aromatic rings. The highest BCUT2D eigenvalue weighted by Crippen LogP contribution is 2.37. The second kappa shape index (κ2) is 6.70. The molecule has 1 heterocycles. The molecule has 0 aliphatic carbocycles. The zero-order valence-corrected chi connectivity index (χ0v) is 15.0. The Balaban J connectivity index is 2.52. The van der Waals surface area contributed by atoms with Gasteiger partial charge in [-0.1, -0.05) is 0 Å². The summed E-state index contributed by atoms with van der Waals surface area (Å²) in [5.74, 6) is -0.458. The fraction of sp³-hybridized carbons (Fsp3) is 0.286. The predicted molar refractivity (Wildman–Crippen MR) is 87.2 cm³/mol. The summed E-state index contributed by atoms with van der Waals surface area (Å²) in [6.07, 6.45) is 0. The molecule has 2 amide bonds. The third-order valence-electron chi connectivity index (χ3n) is 3.14. The van der Waals surface area contributed by atoms with Crippen LogP contribution in [0.1, 0.15) is 25.5 Å². The predicted octanol–water partition coefficient (Wildman–Crippen LogP) is 3.11. The molecule has 0 bridgehead atoms. The van der Waals surface area contributed by atoms with E-state index in [4.69, 9.17) is 4.74 Å². The van der Waals surface area contributed by atoms with Crippen molar-refractivity contribution in [1.82, 2.24) is 10.6 Å². The molecule has 6 nitrogen and oxygen atoms in total. The van der Waals surface area contributed by atoms with Crippen molar-refractivity contribution in [1.29, 1.82) is 0 Å². The summed E-state index contributed by atoms with van der Waals surface area (Å²) in [7, 11) is 0. The van der Waals surface area contributed by atoms with Crippen LogP contribution < -0.4 is 10.6 Å². The van der Waals surface area contributed by atoms with E-state index in [0.717, 1.165) is 0 Å². The largest absolute Gasteiger partial charge is 0.506 e. The summed E-state index contributed by atoms with van der Waals surface area (Å²) in [6, 6.07) is 2.21. The summed E-state index contributed by atoms with van der Waals surface area (Å²) in [6.45, 7) is 3.59. The fourth-order valence-electron chi connectivity index (χ4n) is 2.18. The number of carbonyl (C=O) groups is 2. The average molecular weight is 434 g/mol. The van der Waals surface area contributed by atoms with Crippen LogP contribution in [0.15, 0.2) is 32.3 Å². The van der Waals surface area contributed by atoms with Crippen LogP contribution in [0.25, 0.3) is 0 Å². The van der Waals surface area contributed by atoms with Crippen molar-refractivity contribution in [3.8, 4) is 5.75 Å². The first kappa shape index (κ1) is 16.8. The number of carbonyl (C=O) groups excluding carboxylic acids is 2. The first-order valence-electron chi connectivity index (χ1n) is 6.48. The second-order valence-corrected chi connectivity index (χ2v) is 6.33. The van der Waals surface area contributed by atoms with Crippen molar-refractivity contribution in [2.75, 3.05) is 6.61 Å². The lowest BCUT2D eigenvalue weighted by atomic mass is 9.95. The van der Waals surface area contributed by atoms with Gasteiger partial charge in [-0.25, -0.2) is 9.59 Å². The van der Waals surface area contributed by atoms with Gasteiger partial charge in [0.1, 0.15) is 5.75 Å². The van der Waals surface area contributed by atoms with Gasteiger partial charge in [0.15, 0.2) is 0 Å². The smallest absolute Gasteiger partial charge is 0.338 e. The van der Waals surface area contributed by atoms with Crippen LogP contribution in [0.5, 0.6) is 5.75 Å². The Labute approximate surface area is 144 Å². The van der Waals surface area contributed by atoms with E-state index in [1.54, 1.807) is 26.0 Å². The Morgan fingerprint density at radius 1 is 1.36 bits per heavy atom. The number of amides is 2. The monoisotopic (exact) mass is 432 g/mol. The number of ether oxygens (including phenoxy) is 1. The number of esters is 1. The van der Waals surface area contributed by atoms with Gasteiger partial charge in [-0.3, -0.25) is 0 Å². The van der Waals surface area contributed by atoms with Gasteiger partial charge in [0, 0.05) is 5.70 Å². The van der Waals surface area contributed by atoms with E-state index in [1.165, 1.54) is 0 Å². The molecule has 0 fully saturated rings. The molecule has 1 aliphatic rings. The first-order chi connectivity index (χ1) is 10.3. The van der Waals surface area contributed by atoms with Gasteiger partial charge in [0.05, 0.1) is 27.2 Å². The number of benzene rings is 1. The third kappa shape index (κ3) is 3.27. The van der Waals surface area contributed by atoms with Crippen molar-refractivity contribution in [3.63, 3.8) is 0 Å². The SMILES string of the molecule is CCOC(=O)C1=C(C)NC(=O)NC1c1cc(Br)c(O)c(Br)c1. The third-order valence-corrected chi connectivity index (χ3v) is 4.35. The van der Waals surface area contributed by atoms with Gasteiger partial charge in [-0.15, -0.1) is 0 Å². The number of aromatic hydroxyl groups is 1. The maximum absolute atomic E-state index is 12.2. The molecule has 0 radical (unpaired) electrons. The Kier molecular flexibility index (Phi) is 5.12. The normalized spacial score (nSPS) is 17.8. The van der Waals surface area contributed by atoms with E-state index in [1.807, 2.05) is 0 Å². The number of hydrogen-bond acceptors (Lipinski definition) is 4. The molecule has 1 aromatic carbocycles. The number of phenolic OH excluding ortho intramolecular Hbond substituents is 1. The van der Waals surface area contributed by atoms with Crippen molar-refractivity contribution in [2.45, 2.75) is 19.9 Å². The van der Waals surface area contributed by atoms with Crippen molar-refractivity contribution in [3.05, 3.63) is 37.9 Å². The molecule has 0 saturated heterocycles. The van der Waals surface area contributed by atoms with Crippen LogP contribution in [0.3, 0.4) is 0 Å². The summed E-state index contributed by atoms with van der Waals surface area (Å²) in [5.41, 5.74) is 1.40. The van der Waals surface area contributed by atoms with E-state index in [9.17, 15) is 14.7 Å². The Bertz CT molecular complexity index is 650. The van der Waals surface area contributed by atoms with Gasteiger partial charge in [0.25, 0.3) is 0 Å². The maximum atomic E-state index is 12.2. The van der Waals surface area contributed by atoms with Crippen LogP contribution in [-0.2, 0) is 9.53 Å². The molecular formula is C14H14Br2N2O4. The number of hydrogen-bond donors (Lipinski definition) is 3. The van der Waals surface area contributed by atoms with Crippen LogP contribution in [0.4, 0.5) is 4.79 Å². The minimum atomic E-state index is -0.666. The molecular weight excluding hydrogens is 420 g/mol. The fourth-order valence-corrected chi connectivity index (χ4v) is 3.40. The highest BCUT2D eigenvalue weighted by Gasteiger charge is 2.32. The maximum Gasteiger partial charge on any atom is 0.338 e. The lowest BCUT2D eigenvalue weighted by Gasteiger charge is -2.28. The van der Waals surface area contributed by atoms with E-state index >= 15 is 0 Å². The summed E-state index contributed by atoms with van der Waals surface area (Å²) in [4.78, 5) is 23.9. The van der Waals surface area contributed by atoms with Crippen LogP contribution >= 0.6 is 31.9 Å². The average Bonchev–Trinajstić information content (AvgIpc) is 2.43. The highest BCUT2D eigenvalue weighted by molar-refractivity contribution is 9.11. The number of phenols is 1. The quantitative estimate of drug-likeness (QED) is 0.639. The second-order valence-electron chi connectivity index (χ2n) is 4.62. The molecule has 8 heteroatoms. The molecule has 22 heavy (non-hydrogen) atoms. The highest BCUT2D eigenvalue weighted by atomic mass is 79.9. The molecule has 0 saturated carbocycles. The number of halogens is 2. The molecule has 1 aliphatic heterocycles. The molecule has 1 unspecified atom stereocenters. The van der Waals surface area contributed by atoms with Crippen LogP contribution in [0, 0.1) is 0 Å². The van der Waals surface area contributed by atoms with E-state index < -0.39 is 18.0 Å². The van der Waals surface area contributed by atoms with E-state index in [2.05, 4.69) is 42.5 Å². The van der Waals surface area contributed by atoms with Crippen molar-refractivity contribution < 1.29 is 19.4 Å². The summed E-state index contributed by atoms with van der Waals surface area (Å²) >= 11 is 6.48. The van der Waals surface area contributed by atoms with Gasteiger partial charge < -0.3 is 20.5 Å². The van der Waals surface area contributed by atoms with Crippen LogP contribution in [0.2, 0.25) is 0 Å². The zero-order chi connectivity index (χ0) is 16.4. The minimum absolute atomic E-state index is 0.0439. The molecule has 0 spiro atoms. The molecule has 1 atom stereocenters. The lowest BCUT2D eigenvalue weighted by Crippen LogP contribution is -2.45. The van der Waals surface area contributed by atoms with Gasteiger partial charge >= 0.3 is 12.0 Å². The van der Waals surface area contributed by atoms with Crippen molar-refractivity contribution in [2.24, 2.45) is 0 Å². The number of rotatable bonds is 3. The Hall–Kier alpha value is -1.54. The van der Waals surface area contributed by atoms with E-state index in [-0.39, 0.29) is 12.4 Å². The molecule has 118 valence electrons. The minimum Gasteiger partial charge on any atom is -0.506 e. The summed E-state index contributed by atoms with van der Waals surface area (Å²) < 4.78 is 5.96. The number of nitrogens with one attached hydrogen (secondary N) is 2. The van der Waals surface area contributed by atoms with Gasteiger partial charge in [-0.05, 0) is 63.4 Å². The van der Waals surface area contributed by atoms with Crippen LogP contribution in [-0.4, -0.2) is 23.7 Å². The zero-order valence-electron chi connectivity index (χ0n) is 11.9. The van der Waals surface area contributed by atoms with Gasteiger partial charge in [-0.2, -0.15) is 0 Å². The number of allylic oxidation sites excluding steroid dienone is 1. The molecule has 3 N–H and O–H groups in total. The van der Waals surface area contributed by atoms with Gasteiger partial charge in [0.2, 0.25) is 0 Å². The first-order valence-corrected chi connectivity index (χ1v) is 8.07. The molecule has 0 aromatic heterocycles. The molecule has 2 rings (SSSR count). The number of urea groups is 1. The topological polar surface area (TPSA) is 87.7 Å². The standard InChI is InChI=1S/C14H14Br2N2O4/c1-3-22-13(20)10-6(2)17-14(21)18-11(10)7-4-8(15)12(19)9(16)5-7/h4-5,11,19H,3H2,1-2H3,(H2,17,18,21). The summed E-state index contributed by atoms with van der Waals surface area (Å²) in [5, 5.41) is 15.1. The Morgan fingerprint density at radius 2 is 1.95 bits per heavy atom. The Morgan fingerprint density at radius 3 is 2.50 bits per heavy atom. The lowest BCUT2D eigenvalue weighted by molar-refractivity contribution is -0.139. The van der Waals surface area contributed by atoms with E-state index in [0.29, 0.717) is 25.8 Å².